The van der Waals surface area contributed by atoms with E-state index in [2.05, 4.69) is 36.8 Å². The van der Waals surface area contributed by atoms with Crippen LogP contribution in [0.4, 0.5) is 0 Å². The zero-order valence-corrected chi connectivity index (χ0v) is 11.3. The summed E-state index contributed by atoms with van der Waals surface area (Å²) in [4.78, 5) is 8.89. The molecule has 0 saturated carbocycles. The first kappa shape index (κ1) is 12.6. The van der Waals surface area contributed by atoms with Crippen molar-refractivity contribution in [2.24, 2.45) is 0 Å². The van der Waals surface area contributed by atoms with Gasteiger partial charge >= 0.3 is 0 Å². The van der Waals surface area contributed by atoms with Gasteiger partial charge in [0.15, 0.2) is 0 Å². The van der Waals surface area contributed by atoms with E-state index in [0.29, 0.717) is 0 Å². The highest BCUT2D eigenvalue weighted by Crippen LogP contribution is 2.34. The lowest BCUT2D eigenvalue weighted by Gasteiger charge is -2.22. The Labute approximate surface area is 108 Å². The molecule has 0 aliphatic carbocycles. The molecule has 0 fully saturated rings. The minimum atomic E-state index is 0.0200. The maximum absolute atomic E-state index is 5.36. The fourth-order valence-corrected chi connectivity index (χ4v) is 1.93. The number of ether oxygens (including phenoxy) is 1. The standard InChI is InChI=1S/C15H18N2O/c1-15(2,3)11-7-5-9-16-13(11)14-12(18-4)8-6-10-17-14/h5-10H,1-4H3. The van der Waals surface area contributed by atoms with Gasteiger partial charge in [-0.25, -0.2) is 0 Å². The topological polar surface area (TPSA) is 35.0 Å². The fourth-order valence-electron chi connectivity index (χ4n) is 1.93. The van der Waals surface area contributed by atoms with E-state index >= 15 is 0 Å². The summed E-state index contributed by atoms with van der Waals surface area (Å²) in [5.74, 6) is 0.752. The molecule has 2 rings (SSSR count). The number of aromatic nitrogens is 2. The van der Waals surface area contributed by atoms with Crippen LogP contribution in [0.5, 0.6) is 5.75 Å². The predicted octanol–water partition coefficient (Wildman–Crippen LogP) is 3.45. The smallest absolute Gasteiger partial charge is 0.146 e. The second kappa shape index (κ2) is 4.77. The minimum Gasteiger partial charge on any atom is -0.494 e. The van der Waals surface area contributed by atoms with Gasteiger partial charge in [0.1, 0.15) is 11.4 Å². The molecule has 0 aliphatic heterocycles. The molecule has 2 aromatic heterocycles. The number of methoxy groups -OCH3 is 1. The second-order valence-electron chi connectivity index (χ2n) is 5.20. The van der Waals surface area contributed by atoms with Crippen molar-refractivity contribution in [2.45, 2.75) is 26.2 Å². The normalized spacial score (nSPS) is 11.3. The van der Waals surface area contributed by atoms with E-state index < -0.39 is 0 Å². The van der Waals surface area contributed by atoms with E-state index in [4.69, 9.17) is 4.74 Å². The molecule has 0 atom stereocenters. The molecule has 0 bridgehead atoms. The first-order chi connectivity index (χ1) is 8.54. The van der Waals surface area contributed by atoms with Gasteiger partial charge in [0.05, 0.1) is 12.8 Å². The van der Waals surface area contributed by atoms with E-state index in [1.165, 1.54) is 5.56 Å². The van der Waals surface area contributed by atoms with Crippen LogP contribution in [0, 0.1) is 0 Å². The van der Waals surface area contributed by atoms with Crippen LogP contribution in [-0.2, 0) is 5.41 Å². The highest BCUT2D eigenvalue weighted by Gasteiger charge is 2.21. The van der Waals surface area contributed by atoms with Crippen LogP contribution >= 0.6 is 0 Å². The van der Waals surface area contributed by atoms with Crippen LogP contribution in [0.15, 0.2) is 36.7 Å². The van der Waals surface area contributed by atoms with E-state index in [9.17, 15) is 0 Å². The summed E-state index contributed by atoms with van der Waals surface area (Å²) in [5.41, 5.74) is 2.88. The summed E-state index contributed by atoms with van der Waals surface area (Å²) in [6.45, 7) is 6.51. The van der Waals surface area contributed by atoms with Crippen molar-refractivity contribution >= 4 is 0 Å². The van der Waals surface area contributed by atoms with Gasteiger partial charge in [-0.2, -0.15) is 0 Å². The monoisotopic (exact) mass is 242 g/mol. The zero-order valence-electron chi connectivity index (χ0n) is 11.3. The Kier molecular flexibility index (Phi) is 3.32. The van der Waals surface area contributed by atoms with Crippen LogP contribution in [0.2, 0.25) is 0 Å². The van der Waals surface area contributed by atoms with Gasteiger partial charge in [0.2, 0.25) is 0 Å². The third kappa shape index (κ3) is 2.35. The Hall–Kier alpha value is -1.90. The fraction of sp³-hybridized carbons (Fsp3) is 0.333. The van der Waals surface area contributed by atoms with Gasteiger partial charge in [0.25, 0.3) is 0 Å². The van der Waals surface area contributed by atoms with Crippen LogP contribution in [0.25, 0.3) is 11.4 Å². The summed E-state index contributed by atoms with van der Waals surface area (Å²) >= 11 is 0. The second-order valence-corrected chi connectivity index (χ2v) is 5.20. The average molecular weight is 242 g/mol. The van der Waals surface area contributed by atoms with Crippen molar-refractivity contribution in [1.82, 2.24) is 9.97 Å². The molecule has 0 amide bonds. The molecule has 0 spiro atoms. The van der Waals surface area contributed by atoms with E-state index in [-0.39, 0.29) is 5.41 Å². The highest BCUT2D eigenvalue weighted by atomic mass is 16.5. The number of hydrogen-bond donors (Lipinski definition) is 0. The Morgan fingerprint density at radius 1 is 0.944 bits per heavy atom. The molecular weight excluding hydrogens is 224 g/mol. The van der Waals surface area contributed by atoms with Crippen molar-refractivity contribution in [3.05, 3.63) is 42.2 Å². The lowest BCUT2D eigenvalue weighted by atomic mass is 9.85. The van der Waals surface area contributed by atoms with Gasteiger partial charge < -0.3 is 4.74 Å². The van der Waals surface area contributed by atoms with Gasteiger partial charge in [-0.3, -0.25) is 9.97 Å². The number of pyridine rings is 2. The average Bonchev–Trinajstić information content (AvgIpc) is 2.37. The Morgan fingerprint density at radius 2 is 1.56 bits per heavy atom. The van der Waals surface area contributed by atoms with Crippen molar-refractivity contribution in [3.63, 3.8) is 0 Å². The maximum Gasteiger partial charge on any atom is 0.146 e. The van der Waals surface area contributed by atoms with Gasteiger partial charge in [0, 0.05) is 12.4 Å². The van der Waals surface area contributed by atoms with Crippen LogP contribution in [0.3, 0.4) is 0 Å². The third-order valence-electron chi connectivity index (χ3n) is 2.83. The quantitative estimate of drug-likeness (QED) is 0.809. The van der Waals surface area contributed by atoms with E-state index in [1.54, 1.807) is 19.5 Å². The summed E-state index contributed by atoms with van der Waals surface area (Å²) in [6, 6.07) is 7.82. The maximum atomic E-state index is 5.36. The largest absolute Gasteiger partial charge is 0.494 e. The third-order valence-corrected chi connectivity index (χ3v) is 2.83. The molecular formula is C15H18N2O. The number of hydrogen-bond acceptors (Lipinski definition) is 3. The molecule has 3 nitrogen and oxygen atoms in total. The van der Waals surface area contributed by atoms with Gasteiger partial charge in [-0.1, -0.05) is 26.8 Å². The zero-order chi connectivity index (χ0) is 13.2. The first-order valence-corrected chi connectivity index (χ1v) is 5.99. The summed E-state index contributed by atoms with van der Waals surface area (Å²) in [7, 11) is 1.65. The predicted molar refractivity (Wildman–Crippen MR) is 72.7 cm³/mol. The number of nitrogens with zero attached hydrogens (tertiary/aromatic N) is 2. The Morgan fingerprint density at radius 3 is 2.17 bits per heavy atom. The SMILES string of the molecule is COc1cccnc1-c1ncccc1C(C)(C)C. The van der Waals surface area contributed by atoms with Crippen LogP contribution < -0.4 is 4.74 Å². The molecule has 0 unspecified atom stereocenters. The number of rotatable bonds is 2. The Bertz CT molecular complexity index is 544. The summed E-state index contributed by atoms with van der Waals surface area (Å²) in [6.07, 6.45) is 3.55. The molecule has 0 saturated heterocycles. The minimum absolute atomic E-state index is 0.0200. The summed E-state index contributed by atoms with van der Waals surface area (Å²) in [5, 5.41) is 0. The molecule has 2 aromatic rings. The molecule has 3 heteroatoms. The molecule has 0 radical (unpaired) electrons. The van der Waals surface area contributed by atoms with E-state index in [1.807, 2.05) is 18.2 Å². The Balaban J connectivity index is 2.65. The molecule has 0 aromatic carbocycles. The molecule has 2 heterocycles. The lowest BCUT2D eigenvalue weighted by molar-refractivity contribution is 0.414. The molecule has 0 aliphatic rings. The molecule has 0 N–H and O–H groups in total. The summed E-state index contributed by atoms with van der Waals surface area (Å²) < 4.78 is 5.36. The van der Waals surface area contributed by atoms with Gasteiger partial charge in [-0.15, -0.1) is 0 Å². The highest BCUT2D eigenvalue weighted by molar-refractivity contribution is 5.66. The molecule has 18 heavy (non-hydrogen) atoms. The van der Waals surface area contributed by atoms with Crippen molar-refractivity contribution in [3.8, 4) is 17.1 Å². The van der Waals surface area contributed by atoms with Crippen molar-refractivity contribution in [1.29, 1.82) is 0 Å². The van der Waals surface area contributed by atoms with Crippen LogP contribution in [0.1, 0.15) is 26.3 Å². The van der Waals surface area contributed by atoms with E-state index in [0.717, 1.165) is 17.1 Å². The van der Waals surface area contributed by atoms with Crippen molar-refractivity contribution < 1.29 is 4.74 Å². The van der Waals surface area contributed by atoms with Gasteiger partial charge in [-0.05, 0) is 29.2 Å². The molecule has 94 valence electrons. The lowest BCUT2D eigenvalue weighted by Crippen LogP contribution is -2.14. The van der Waals surface area contributed by atoms with Crippen molar-refractivity contribution in [2.75, 3.05) is 7.11 Å². The first-order valence-electron chi connectivity index (χ1n) is 5.99. The van der Waals surface area contributed by atoms with Crippen LogP contribution in [-0.4, -0.2) is 17.1 Å².